The molecule has 0 aromatic heterocycles. The Labute approximate surface area is 226 Å². The van der Waals surface area contributed by atoms with Gasteiger partial charge in [0.15, 0.2) is 0 Å². The fourth-order valence-corrected chi connectivity index (χ4v) is 9.97. The van der Waals surface area contributed by atoms with E-state index in [0.29, 0.717) is 13.0 Å². The first kappa shape index (κ1) is 27.5. The fraction of sp³-hybridized carbons (Fsp3) is 0.667. The minimum atomic E-state index is -0.726. The normalized spacial score (nSPS) is 32.5. The van der Waals surface area contributed by atoms with Crippen molar-refractivity contribution in [2.75, 3.05) is 6.61 Å². The third-order valence-electron chi connectivity index (χ3n) is 8.01. The molecule has 3 fully saturated rings. The van der Waals surface area contributed by atoms with Gasteiger partial charge < -0.3 is 20.6 Å². The molecule has 0 aliphatic carbocycles. The van der Waals surface area contributed by atoms with Crippen LogP contribution in [0.4, 0.5) is 0 Å². The molecule has 1 spiro atoms. The molecule has 1 aromatic rings. The number of nitrogens with zero attached hydrogens (tertiary/aromatic N) is 1. The molecule has 8 atom stereocenters. The average Bonchev–Trinajstić information content (AvgIpc) is 3.42. The summed E-state index contributed by atoms with van der Waals surface area (Å²) in [6.07, 6.45) is 2.42. The van der Waals surface area contributed by atoms with Crippen molar-refractivity contribution in [1.82, 2.24) is 15.5 Å². The zero-order valence-corrected chi connectivity index (χ0v) is 23.8. The summed E-state index contributed by atoms with van der Waals surface area (Å²) in [6, 6.07) is 8.48. The minimum Gasteiger partial charge on any atom is -0.394 e. The van der Waals surface area contributed by atoms with E-state index in [-0.39, 0.29) is 46.4 Å². The maximum absolute atomic E-state index is 14.1. The lowest BCUT2D eigenvalue weighted by Crippen LogP contribution is -2.59. The summed E-state index contributed by atoms with van der Waals surface area (Å²) in [5, 5.41) is 16.4. The number of amides is 3. The van der Waals surface area contributed by atoms with Crippen LogP contribution in [0.2, 0.25) is 0 Å². The zero-order chi connectivity index (χ0) is 26.2. The van der Waals surface area contributed by atoms with Crippen LogP contribution < -0.4 is 10.6 Å². The molecule has 36 heavy (non-hydrogen) atoms. The Balaban J connectivity index is 1.68. The first-order chi connectivity index (χ1) is 17.2. The van der Waals surface area contributed by atoms with Gasteiger partial charge in [-0.05, 0) is 31.2 Å². The van der Waals surface area contributed by atoms with Crippen molar-refractivity contribution in [3.63, 3.8) is 0 Å². The van der Waals surface area contributed by atoms with Gasteiger partial charge in [0.2, 0.25) is 17.7 Å². The summed E-state index contributed by atoms with van der Waals surface area (Å²) >= 11 is 5.42. The van der Waals surface area contributed by atoms with E-state index in [1.807, 2.05) is 51.1 Å². The van der Waals surface area contributed by atoms with E-state index in [9.17, 15) is 19.5 Å². The number of benzene rings is 1. The molecular weight excluding hydrogens is 542 g/mol. The Morgan fingerprint density at radius 3 is 2.53 bits per heavy atom. The van der Waals surface area contributed by atoms with Crippen LogP contribution >= 0.6 is 27.7 Å². The average molecular weight is 581 g/mol. The number of thioether (sulfide) groups is 1. The van der Waals surface area contributed by atoms with Crippen molar-refractivity contribution in [2.45, 2.75) is 86.5 Å². The quantitative estimate of drug-likeness (QED) is 0.370. The Hall–Kier alpha value is -1.58. The van der Waals surface area contributed by atoms with Crippen LogP contribution in [0.15, 0.2) is 30.3 Å². The molecule has 198 valence electrons. The maximum atomic E-state index is 14.1. The number of aliphatic hydroxyl groups excluding tert-OH is 1. The first-order valence-electron chi connectivity index (χ1n) is 13.0. The molecule has 3 saturated heterocycles. The number of hydrogen-bond acceptors (Lipinski definition) is 5. The molecule has 3 aliphatic rings. The molecule has 4 unspecified atom stereocenters. The smallest absolute Gasteiger partial charge is 0.244 e. The van der Waals surface area contributed by atoms with Crippen molar-refractivity contribution < 1.29 is 19.5 Å². The van der Waals surface area contributed by atoms with Crippen LogP contribution in [0.3, 0.4) is 0 Å². The van der Waals surface area contributed by atoms with Crippen LogP contribution in [0, 0.1) is 17.8 Å². The molecule has 0 saturated carbocycles. The molecule has 3 N–H and O–H groups in total. The van der Waals surface area contributed by atoms with Crippen molar-refractivity contribution in [1.29, 1.82) is 0 Å². The summed E-state index contributed by atoms with van der Waals surface area (Å²) in [4.78, 5) is 43.2. The van der Waals surface area contributed by atoms with Gasteiger partial charge in [-0.3, -0.25) is 14.4 Å². The molecular formula is C27H38BrN3O4S. The first-order valence-corrected chi connectivity index (χ1v) is 14.8. The highest BCUT2D eigenvalue weighted by molar-refractivity contribution is 9.09. The second kappa shape index (κ2) is 11.0. The van der Waals surface area contributed by atoms with E-state index in [1.165, 1.54) is 0 Å². The molecule has 9 heteroatoms. The monoisotopic (exact) mass is 579 g/mol. The molecule has 1 aromatic carbocycles. The van der Waals surface area contributed by atoms with Crippen molar-refractivity contribution in [3.8, 4) is 0 Å². The van der Waals surface area contributed by atoms with Crippen molar-refractivity contribution >= 4 is 45.4 Å². The van der Waals surface area contributed by atoms with Crippen LogP contribution in [-0.2, 0) is 20.9 Å². The van der Waals surface area contributed by atoms with E-state index in [0.717, 1.165) is 18.4 Å². The SMILES string of the molecule is CCCC(C)NC(=O)C1N([C@@H](CO)C(C)C)C(=O)[C@@H]2[C@H](C(=O)NCc3ccccc3)[C@H]3SC12CC3Br. The Morgan fingerprint density at radius 1 is 1.22 bits per heavy atom. The number of aliphatic hydroxyl groups is 1. The van der Waals surface area contributed by atoms with Crippen molar-refractivity contribution in [2.24, 2.45) is 17.8 Å². The summed E-state index contributed by atoms with van der Waals surface area (Å²) < 4.78 is -0.705. The highest BCUT2D eigenvalue weighted by Gasteiger charge is 2.76. The Bertz CT molecular complexity index is 979. The van der Waals surface area contributed by atoms with Crippen LogP contribution in [0.1, 0.15) is 52.5 Å². The lowest BCUT2D eigenvalue weighted by molar-refractivity contribution is -0.143. The third-order valence-corrected chi connectivity index (χ3v) is 11.2. The zero-order valence-electron chi connectivity index (χ0n) is 21.4. The number of halogens is 1. The highest BCUT2D eigenvalue weighted by Crippen LogP contribution is 2.68. The maximum Gasteiger partial charge on any atom is 0.244 e. The predicted molar refractivity (Wildman–Crippen MR) is 146 cm³/mol. The summed E-state index contributed by atoms with van der Waals surface area (Å²) in [6.45, 7) is 8.13. The van der Waals surface area contributed by atoms with Gasteiger partial charge in [-0.1, -0.05) is 73.5 Å². The number of nitrogens with one attached hydrogen (secondary N) is 2. The Kier molecular flexibility index (Phi) is 8.42. The van der Waals surface area contributed by atoms with Crippen LogP contribution in [0.25, 0.3) is 0 Å². The van der Waals surface area contributed by atoms with Gasteiger partial charge in [-0.15, -0.1) is 11.8 Å². The van der Waals surface area contributed by atoms with Gasteiger partial charge in [-0.2, -0.15) is 0 Å². The Morgan fingerprint density at radius 2 is 1.92 bits per heavy atom. The number of carbonyl (C=O) groups is 3. The molecule has 3 amide bonds. The van der Waals surface area contributed by atoms with Gasteiger partial charge >= 0.3 is 0 Å². The molecule has 3 aliphatic heterocycles. The highest BCUT2D eigenvalue weighted by atomic mass is 79.9. The van der Waals surface area contributed by atoms with E-state index in [4.69, 9.17) is 0 Å². The van der Waals surface area contributed by atoms with E-state index >= 15 is 0 Å². The van der Waals surface area contributed by atoms with Crippen LogP contribution in [0.5, 0.6) is 0 Å². The second-order valence-electron chi connectivity index (χ2n) is 10.8. The molecule has 2 bridgehead atoms. The van der Waals surface area contributed by atoms with Gasteiger partial charge in [0, 0.05) is 22.7 Å². The lowest BCUT2D eigenvalue weighted by atomic mass is 9.70. The molecule has 7 nitrogen and oxygen atoms in total. The third kappa shape index (κ3) is 4.71. The standard InChI is InChI=1S/C27H38BrN3O4S/c1-5-9-16(4)30-25(34)23-27-12-18(28)22(36-27)20(24(33)29-13-17-10-7-6-8-11-17)21(27)26(35)31(23)19(14-32)15(2)3/h6-8,10-11,15-16,18-23,32H,5,9,12-14H2,1-4H3,(H,29,33)(H,30,34)/t16?,18?,19-,20-,21-,22-,23?,27?/m0/s1. The van der Waals surface area contributed by atoms with Crippen molar-refractivity contribution in [3.05, 3.63) is 35.9 Å². The summed E-state index contributed by atoms with van der Waals surface area (Å²) in [5.74, 6) is -1.67. The molecule has 3 heterocycles. The molecule has 4 rings (SSSR count). The number of fused-ring (bicyclic) bond motifs is 1. The van der Waals surface area contributed by atoms with Crippen LogP contribution in [-0.4, -0.2) is 67.3 Å². The molecule has 0 radical (unpaired) electrons. The number of likely N-dealkylation sites (tertiary alicyclic amines) is 1. The largest absolute Gasteiger partial charge is 0.394 e. The number of alkyl halides is 1. The lowest BCUT2D eigenvalue weighted by Gasteiger charge is -2.39. The van der Waals surface area contributed by atoms with E-state index in [1.54, 1.807) is 16.7 Å². The fourth-order valence-electron chi connectivity index (χ4n) is 6.37. The second-order valence-corrected chi connectivity index (χ2v) is 13.5. The van der Waals surface area contributed by atoms with E-state index < -0.39 is 28.7 Å². The van der Waals surface area contributed by atoms with E-state index in [2.05, 4.69) is 33.5 Å². The summed E-state index contributed by atoms with van der Waals surface area (Å²) in [7, 11) is 0. The summed E-state index contributed by atoms with van der Waals surface area (Å²) in [5.41, 5.74) is 0.994. The topological polar surface area (TPSA) is 98.7 Å². The predicted octanol–water partition coefficient (Wildman–Crippen LogP) is 3.09. The minimum absolute atomic E-state index is 0.0186. The number of carbonyl (C=O) groups excluding carboxylic acids is 3. The van der Waals surface area contributed by atoms with Gasteiger partial charge in [0.1, 0.15) is 6.04 Å². The number of hydrogen-bond donors (Lipinski definition) is 3. The number of rotatable bonds is 10. The van der Waals surface area contributed by atoms with Gasteiger partial charge in [0.25, 0.3) is 0 Å². The van der Waals surface area contributed by atoms with Gasteiger partial charge in [0.05, 0.1) is 29.2 Å². The van der Waals surface area contributed by atoms with Gasteiger partial charge in [-0.25, -0.2) is 0 Å².